The van der Waals surface area contributed by atoms with Gasteiger partial charge in [0.2, 0.25) is 10.0 Å². The maximum atomic E-state index is 13.1. The third-order valence-corrected chi connectivity index (χ3v) is 8.22. The Hall–Kier alpha value is -1.96. The number of rotatable bonds is 4. The first-order valence-corrected chi connectivity index (χ1v) is 12.0. The summed E-state index contributed by atoms with van der Waals surface area (Å²) < 4.78 is 27.7. The molecule has 2 aromatic rings. The molecular formula is C22H30N3O3S+. The van der Waals surface area contributed by atoms with E-state index in [1.54, 1.807) is 16.4 Å². The summed E-state index contributed by atoms with van der Waals surface area (Å²) in [5.41, 5.74) is 0. The molecule has 2 saturated heterocycles. The highest BCUT2D eigenvalue weighted by Crippen LogP contribution is 2.22. The number of sulfonamides is 1. The van der Waals surface area contributed by atoms with Crippen molar-refractivity contribution in [3.63, 3.8) is 0 Å². The summed E-state index contributed by atoms with van der Waals surface area (Å²) in [5, 5.41) is 1.96. The van der Waals surface area contributed by atoms with Crippen LogP contribution in [0.25, 0.3) is 10.8 Å². The standard InChI is InChI=1S/C22H29N3O3S/c1-18-8-10-24(11-9-18)22(26)17-23-12-14-25(15-13-23)29(27,28)21-7-6-19-4-2-3-5-20(19)16-21/h2-7,16,18H,8-15,17H2,1H3/p+1. The number of nitrogens with zero attached hydrogens (tertiary/aromatic N) is 2. The molecule has 2 aromatic carbocycles. The van der Waals surface area contributed by atoms with Gasteiger partial charge in [0.1, 0.15) is 0 Å². The minimum absolute atomic E-state index is 0.206. The van der Waals surface area contributed by atoms with Gasteiger partial charge in [0.05, 0.1) is 31.1 Å². The Labute approximate surface area is 173 Å². The molecule has 2 heterocycles. The van der Waals surface area contributed by atoms with Gasteiger partial charge in [-0.2, -0.15) is 4.31 Å². The molecule has 7 heteroatoms. The van der Waals surface area contributed by atoms with E-state index in [0.717, 1.165) is 36.7 Å². The molecule has 0 radical (unpaired) electrons. The van der Waals surface area contributed by atoms with Gasteiger partial charge in [-0.1, -0.05) is 37.3 Å². The predicted octanol–water partition coefficient (Wildman–Crippen LogP) is 0.988. The van der Waals surface area contributed by atoms with Crippen molar-refractivity contribution >= 4 is 26.7 Å². The lowest BCUT2D eigenvalue weighted by atomic mass is 9.99. The van der Waals surface area contributed by atoms with Gasteiger partial charge >= 0.3 is 0 Å². The Morgan fingerprint density at radius 3 is 2.34 bits per heavy atom. The van der Waals surface area contributed by atoms with Crippen LogP contribution in [-0.4, -0.2) is 69.3 Å². The van der Waals surface area contributed by atoms with Crippen molar-refractivity contribution in [2.45, 2.75) is 24.7 Å². The van der Waals surface area contributed by atoms with Crippen molar-refractivity contribution in [1.82, 2.24) is 9.21 Å². The second-order valence-electron chi connectivity index (χ2n) is 8.40. The second-order valence-corrected chi connectivity index (χ2v) is 10.3. The van der Waals surface area contributed by atoms with Crippen molar-refractivity contribution in [1.29, 1.82) is 0 Å². The fraction of sp³-hybridized carbons (Fsp3) is 0.500. The molecule has 0 bridgehead atoms. The van der Waals surface area contributed by atoms with Crippen LogP contribution >= 0.6 is 0 Å². The normalized spacial score (nSPS) is 20.2. The molecule has 6 nitrogen and oxygen atoms in total. The molecule has 0 atom stereocenters. The van der Waals surface area contributed by atoms with Crippen LogP contribution in [0.4, 0.5) is 0 Å². The van der Waals surface area contributed by atoms with Crippen LogP contribution in [-0.2, 0) is 14.8 Å². The Bertz CT molecular complexity index is 976. The zero-order chi connectivity index (χ0) is 20.4. The summed E-state index contributed by atoms with van der Waals surface area (Å²) in [6.45, 7) is 6.67. The first-order valence-electron chi connectivity index (χ1n) is 10.5. The van der Waals surface area contributed by atoms with Crippen LogP contribution in [0.1, 0.15) is 19.8 Å². The average Bonchev–Trinajstić information content (AvgIpc) is 2.74. The molecule has 4 rings (SSSR count). The Balaban J connectivity index is 1.36. The number of amides is 1. The summed E-state index contributed by atoms with van der Waals surface area (Å²) in [6.07, 6.45) is 2.16. The number of benzene rings is 2. The fourth-order valence-corrected chi connectivity index (χ4v) is 5.76. The van der Waals surface area contributed by atoms with Crippen LogP contribution in [0, 0.1) is 5.92 Å². The summed E-state index contributed by atoms with van der Waals surface area (Å²) in [5.74, 6) is 0.910. The van der Waals surface area contributed by atoms with Crippen molar-refractivity contribution in [3.8, 4) is 0 Å². The molecule has 0 unspecified atom stereocenters. The van der Waals surface area contributed by atoms with Gasteiger partial charge in [-0.3, -0.25) is 4.79 Å². The number of piperazine rings is 1. The first kappa shape index (κ1) is 20.3. The van der Waals surface area contributed by atoms with Crippen LogP contribution < -0.4 is 4.90 Å². The Kier molecular flexibility index (Phi) is 5.90. The quantitative estimate of drug-likeness (QED) is 0.809. The molecule has 29 heavy (non-hydrogen) atoms. The van der Waals surface area contributed by atoms with Crippen molar-refractivity contribution in [2.24, 2.45) is 5.92 Å². The zero-order valence-electron chi connectivity index (χ0n) is 17.0. The number of hydrogen-bond donors (Lipinski definition) is 1. The summed E-state index contributed by atoms with van der Waals surface area (Å²) in [7, 11) is -3.51. The predicted molar refractivity (Wildman–Crippen MR) is 113 cm³/mol. The van der Waals surface area contributed by atoms with E-state index >= 15 is 0 Å². The van der Waals surface area contributed by atoms with E-state index in [0.29, 0.717) is 43.5 Å². The van der Waals surface area contributed by atoms with E-state index in [-0.39, 0.29) is 5.91 Å². The van der Waals surface area contributed by atoms with Gasteiger partial charge < -0.3 is 9.80 Å². The van der Waals surface area contributed by atoms with Crippen molar-refractivity contribution in [2.75, 3.05) is 45.8 Å². The van der Waals surface area contributed by atoms with Crippen molar-refractivity contribution < 1.29 is 18.1 Å². The van der Waals surface area contributed by atoms with Gasteiger partial charge in [-0.05, 0) is 41.7 Å². The lowest BCUT2D eigenvalue weighted by molar-refractivity contribution is -0.896. The third-order valence-electron chi connectivity index (χ3n) is 6.33. The van der Waals surface area contributed by atoms with E-state index in [1.807, 2.05) is 35.2 Å². The summed E-state index contributed by atoms with van der Waals surface area (Å²) >= 11 is 0. The highest BCUT2D eigenvalue weighted by atomic mass is 32.2. The van der Waals surface area contributed by atoms with Gasteiger partial charge in [0, 0.05) is 13.1 Å². The highest BCUT2D eigenvalue weighted by molar-refractivity contribution is 7.89. The largest absolute Gasteiger partial charge is 0.338 e. The minimum Gasteiger partial charge on any atom is -0.338 e. The lowest BCUT2D eigenvalue weighted by Gasteiger charge is -2.34. The third kappa shape index (κ3) is 4.47. The molecule has 2 fully saturated rings. The summed E-state index contributed by atoms with van der Waals surface area (Å²) in [4.78, 5) is 16.1. The number of likely N-dealkylation sites (tertiary alicyclic amines) is 1. The molecule has 0 spiro atoms. The minimum atomic E-state index is -3.51. The molecule has 0 saturated carbocycles. The lowest BCUT2D eigenvalue weighted by Crippen LogP contribution is -3.15. The maximum Gasteiger partial charge on any atom is 0.277 e. The topological polar surface area (TPSA) is 62.1 Å². The highest BCUT2D eigenvalue weighted by Gasteiger charge is 2.32. The number of nitrogens with one attached hydrogen (secondary N) is 1. The average molecular weight is 417 g/mol. The van der Waals surface area contributed by atoms with Gasteiger partial charge in [-0.25, -0.2) is 8.42 Å². The second kappa shape index (κ2) is 8.42. The van der Waals surface area contributed by atoms with E-state index in [1.165, 1.54) is 4.90 Å². The molecule has 0 aliphatic carbocycles. The van der Waals surface area contributed by atoms with Gasteiger partial charge in [0.25, 0.3) is 5.91 Å². The van der Waals surface area contributed by atoms with Crippen LogP contribution in [0.5, 0.6) is 0 Å². The Morgan fingerprint density at radius 1 is 1.00 bits per heavy atom. The Morgan fingerprint density at radius 2 is 1.66 bits per heavy atom. The smallest absolute Gasteiger partial charge is 0.277 e. The van der Waals surface area contributed by atoms with E-state index in [9.17, 15) is 13.2 Å². The van der Waals surface area contributed by atoms with E-state index < -0.39 is 10.0 Å². The van der Waals surface area contributed by atoms with E-state index in [2.05, 4.69) is 6.92 Å². The SMILES string of the molecule is CC1CCN(C(=O)C[NH+]2CCN(S(=O)(=O)c3ccc4ccccc4c3)CC2)CC1. The molecule has 0 aromatic heterocycles. The number of quaternary nitrogens is 1. The maximum absolute atomic E-state index is 13.1. The number of carbonyl (C=O) groups is 1. The number of piperidine rings is 1. The van der Waals surface area contributed by atoms with Crippen molar-refractivity contribution in [3.05, 3.63) is 42.5 Å². The van der Waals surface area contributed by atoms with Crippen LogP contribution in [0.15, 0.2) is 47.4 Å². The first-order chi connectivity index (χ1) is 13.9. The zero-order valence-corrected chi connectivity index (χ0v) is 17.8. The molecule has 1 N–H and O–H groups in total. The molecule has 1 amide bonds. The molecule has 2 aliphatic rings. The fourth-order valence-electron chi connectivity index (χ4n) is 4.28. The molecular weight excluding hydrogens is 386 g/mol. The number of hydrogen-bond acceptors (Lipinski definition) is 3. The molecule has 2 aliphatic heterocycles. The number of carbonyl (C=O) groups excluding carboxylic acids is 1. The molecule has 156 valence electrons. The van der Waals surface area contributed by atoms with Gasteiger partial charge in [0.15, 0.2) is 6.54 Å². The van der Waals surface area contributed by atoms with E-state index in [4.69, 9.17) is 0 Å². The monoisotopic (exact) mass is 416 g/mol. The van der Waals surface area contributed by atoms with Crippen LogP contribution in [0.3, 0.4) is 0 Å². The van der Waals surface area contributed by atoms with Crippen LogP contribution in [0.2, 0.25) is 0 Å². The van der Waals surface area contributed by atoms with Gasteiger partial charge in [-0.15, -0.1) is 0 Å². The number of fused-ring (bicyclic) bond motifs is 1. The summed E-state index contributed by atoms with van der Waals surface area (Å²) in [6, 6.07) is 13.1.